The molecule has 7 heteroatoms. The first-order valence-electron chi connectivity index (χ1n) is 7.68. The molecular formula is C14H21F2NO3S. The Morgan fingerprint density at radius 3 is 2.10 bits per heavy atom. The highest BCUT2D eigenvalue weighted by atomic mass is 32.2. The zero-order valence-corrected chi connectivity index (χ0v) is 12.7. The van der Waals surface area contributed by atoms with E-state index < -0.39 is 15.8 Å². The molecule has 0 bridgehead atoms. The van der Waals surface area contributed by atoms with Crippen LogP contribution in [-0.4, -0.2) is 48.7 Å². The molecule has 1 amide bonds. The SMILES string of the molecule is O=C(C1CCC(F)(F)CC1)N(C1CC1)[C@H]1CCS(=O)(=O)C1. The number of amides is 1. The van der Waals surface area contributed by atoms with Crippen LogP contribution >= 0.6 is 0 Å². The lowest BCUT2D eigenvalue weighted by molar-refractivity contribution is -0.142. The second-order valence-electron chi connectivity index (χ2n) is 6.66. The molecule has 0 radical (unpaired) electrons. The van der Waals surface area contributed by atoms with E-state index in [9.17, 15) is 22.0 Å². The van der Waals surface area contributed by atoms with E-state index in [0.717, 1.165) is 12.8 Å². The lowest BCUT2D eigenvalue weighted by Crippen LogP contribution is -2.47. The number of nitrogens with zero attached hydrogens (tertiary/aromatic N) is 1. The Balaban J connectivity index is 1.69. The molecule has 3 rings (SSSR count). The average molecular weight is 321 g/mol. The van der Waals surface area contributed by atoms with Gasteiger partial charge in [-0.2, -0.15) is 0 Å². The van der Waals surface area contributed by atoms with Crippen LogP contribution in [0.5, 0.6) is 0 Å². The van der Waals surface area contributed by atoms with Gasteiger partial charge in [-0.05, 0) is 32.1 Å². The highest BCUT2D eigenvalue weighted by Gasteiger charge is 2.46. The fourth-order valence-corrected chi connectivity index (χ4v) is 5.21. The van der Waals surface area contributed by atoms with Gasteiger partial charge in [0.1, 0.15) is 0 Å². The van der Waals surface area contributed by atoms with E-state index >= 15 is 0 Å². The molecule has 4 nitrogen and oxygen atoms in total. The van der Waals surface area contributed by atoms with Crippen LogP contribution in [0, 0.1) is 5.92 Å². The van der Waals surface area contributed by atoms with Crippen molar-refractivity contribution in [1.29, 1.82) is 0 Å². The molecule has 0 N–H and O–H groups in total. The van der Waals surface area contributed by atoms with Crippen LogP contribution in [0.15, 0.2) is 0 Å². The summed E-state index contributed by atoms with van der Waals surface area (Å²) in [7, 11) is -3.04. The number of rotatable bonds is 3. The molecule has 120 valence electrons. The second-order valence-corrected chi connectivity index (χ2v) is 8.89. The summed E-state index contributed by atoms with van der Waals surface area (Å²) < 4.78 is 49.7. The van der Waals surface area contributed by atoms with Crippen molar-refractivity contribution in [3.05, 3.63) is 0 Å². The number of sulfone groups is 1. The van der Waals surface area contributed by atoms with Crippen molar-refractivity contribution in [1.82, 2.24) is 4.90 Å². The minimum atomic E-state index is -3.04. The van der Waals surface area contributed by atoms with Crippen LogP contribution in [-0.2, 0) is 14.6 Å². The van der Waals surface area contributed by atoms with Crippen molar-refractivity contribution in [3.8, 4) is 0 Å². The van der Waals surface area contributed by atoms with Gasteiger partial charge in [-0.15, -0.1) is 0 Å². The molecule has 1 saturated heterocycles. The van der Waals surface area contributed by atoms with Crippen LogP contribution in [0.3, 0.4) is 0 Å². The van der Waals surface area contributed by atoms with E-state index in [-0.39, 0.29) is 61.1 Å². The number of hydrogen-bond acceptors (Lipinski definition) is 3. The van der Waals surface area contributed by atoms with Crippen LogP contribution in [0.2, 0.25) is 0 Å². The van der Waals surface area contributed by atoms with Crippen LogP contribution in [0.25, 0.3) is 0 Å². The largest absolute Gasteiger partial charge is 0.335 e. The van der Waals surface area contributed by atoms with Gasteiger partial charge in [0.15, 0.2) is 9.84 Å². The maximum atomic E-state index is 13.2. The van der Waals surface area contributed by atoms with Gasteiger partial charge in [-0.25, -0.2) is 17.2 Å². The van der Waals surface area contributed by atoms with Gasteiger partial charge in [0, 0.05) is 30.8 Å². The van der Waals surface area contributed by atoms with Gasteiger partial charge in [-0.3, -0.25) is 4.79 Å². The standard InChI is InChI=1S/C14H21F2NO3S/c15-14(16)6-3-10(4-7-14)13(18)17(11-1-2-11)12-5-8-21(19,20)9-12/h10-12H,1-9H2/t12-/m0/s1. The molecule has 1 heterocycles. The van der Waals surface area contributed by atoms with Gasteiger partial charge in [-0.1, -0.05) is 0 Å². The van der Waals surface area contributed by atoms with E-state index in [0.29, 0.717) is 6.42 Å². The summed E-state index contributed by atoms with van der Waals surface area (Å²) in [5.74, 6) is -2.91. The van der Waals surface area contributed by atoms with Gasteiger partial charge in [0.2, 0.25) is 11.8 Å². The molecule has 3 aliphatic rings. The summed E-state index contributed by atoms with van der Waals surface area (Å²) in [6.45, 7) is 0. The first-order chi connectivity index (χ1) is 9.77. The Bertz CT molecular complexity index is 520. The Labute approximate surface area is 123 Å². The third-order valence-corrected chi connectivity index (χ3v) is 6.61. The lowest BCUT2D eigenvalue weighted by Gasteiger charge is -2.35. The van der Waals surface area contributed by atoms with Gasteiger partial charge in [0.25, 0.3) is 0 Å². The van der Waals surface area contributed by atoms with Gasteiger partial charge in [0.05, 0.1) is 11.5 Å². The van der Waals surface area contributed by atoms with E-state index in [1.807, 2.05) is 0 Å². The normalized spacial score (nSPS) is 32.0. The highest BCUT2D eigenvalue weighted by molar-refractivity contribution is 7.91. The molecular weight excluding hydrogens is 300 g/mol. The Morgan fingerprint density at radius 1 is 1.00 bits per heavy atom. The van der Waals surface area contributed by atoms with Crippen LogP contribution in [0.1, 0.15) is 44.9 Å². The van der Waals surface area contributed by atoms with Crippen molar-refractivity contribution >= 4 is 15.7 Å². The number of hydrogen-bond donors (Lipinski definition) is 0. The van der Waals surface area contributed by atoms with E-state index in [4.69, 9.17) is 0 Å². The van der Waals surface area contributed by atoms with Crippen molar-refractivity contribution in [3.63, 3.8) is 0 Å². The fraction of sp³-hybridized carbons (Fsp3) is 0.929. The summed E-state index contributed by atoms with van der Waals surface area (Å²) in [5.41, 5.74) is 0. The topological polar surface area (TPSA) is 54.5 Å². The van der Waals surface area contributed by atoms with E-state index in [2.05, 4.69) is 0 Å². The Kier molecular flexibility index (Phi) is 3.74. The molecule has 1 atom stereocenters. The quantitative estimate of drug-likeness (QED) is 0.799. The number of alkyl halides is 2. The zero-order chi connectivity index (χ0) is 15.3. The maximum absolute atomic E-state index is 13.2. The summed E-state index contributed by atoms with van der Waals surface area (Å²) in [6.07, 6.45) is 2.28. The molecule has 0 aromatic heterocycles. The molecule has 0 aromatic rings. The lowest BCUT2D eigenvalue weighted by atomic mass is 9.85. The van der Waals surface area contributed by atoms with Crippen molar-refractivity contribution in [2.45, 2.75) is 63.0 Å². The van der Waals surface area contributed by atoms with Crippen molar-refractivity contribution in [2.75, 3.05) is 11.5 Å². The summed E-state index contributed by atoms with van der Waals surface area (Å²) in [5, 5.41) is 0. The molecule has 0 aromatic carbocycles. The van der Waals surface area contributed by atoms with E-state index in [1.165, 1.54) is 0 Å². The number of halogens is 2. The molecule has 0 unspecified atom stereocenters. The second kappa shape index (κ2) is 5.18. The fourth-order valence-electron chi connectivity index (χ4n) is 3.50. The summed E-state index contributed by atoms with van der Waals surface area (Å²) in [6, 6.07) is -0.101. The Hall–Kier alpha value is -0.720. The molecule has 1 aliphatic heterocycles. The molecule has 21 heavy (non-hydrogen) atoms. The maximum Gasteiger partial charge on any atom is 0.248 e. The van der Waals surface area contributed by atoms with Gasteiger partial charge >= 0.3 is 0 Å². The average Bonchev–Trinajstić information content (AvgIpc) is 3.14. The van der Waals surface area contributed by atoms with Crippen molar-refractivity contribution < 1.29 is 22.0 Å². The zero-order valence-electron chi connectivity index (χ0n) is 11.9. The highest BCUT2D eigenvalue weighted by Crippen LogP contribution is 2.40. The Morgan fingerprint density at radius 2 is 1.62 bits per heavy atom. The third kappa shape index (κ3) is 3.38. The molecule has 2 saturated carbocycles. The minimum absolute atomic E-state index is 0.0398. The minimum Gasteiger partial charge on any atom is -0.335 e. The summed E-state index contributed by atoms with van der Waals surface area (Å²) >= 11 is 0. The molecule has 0 spiro atoms. The predicted octanol–water partition coefficient (Wildman–Crippen LogP) is 1.99. The molecule has 2 aliphatic carbocycles. The van der Waals surface area contributed by atoms with Crippen LogP contribution < -0.4 is 0 Å². The van der Waals surface area contributed by atoms with E-state index in [1.54, 1.807) is 4.90 Å². The first-order valence-corrected chi connectivity index (χ1v) is 9.50. The molecule has 3 fully saturated rings. The smallest absolute Gasteiger partial charge is 0.248 e. The monoisotopic (exact) mass is 321 g/mol. The number of carbonyl (C=O) groups excluding carboxylic acids is 1. The summed E-state index contributed by atoms with van der Waals surface area (Å²) in [4.78, 5) is 14.4. The van der Waals surface area contributed by atoms with Crippen molar-refractivity contribution in [2.24, 2.45) is 5.92 Å². The number of carbonyl (C=O) groups is 1. The third-order valence-electron chi connectivity index (χ3n) is 4.86. The predicted molar refractivity (Wildman–Crippen MR) is 73.8 cm³/mol. The van der Waals surface area contributed by atoms with Crippen LogP contribution in [0.4, 0.5) is 8.78 Å². The first kappa shape index (κ1) is 15.2. The van der Waals surface area contributed by atoms with Gasteiger partial charge < -0.3 is 4.90 Å².